The van der Waals surface area contributed by atoms with E-state index in [2.05, 4.69) is 59.2 Å². The van der Waals surface area contributed by atoms with Crippen molar-refractivity contribution in [1.82, 2.24) is 10.4 Å². The second-order valence-electron chi connectivity index (χ2n) is 7.06. The summed E-state index contributed by atoms with van der Waals surface area (Å²) in [7, 11) is 3.27. The second-order valence-corrected chi connectivity index (χ2v) is 7.06. The molecule has 0 saturated carbocycles. The predicted molar refractivity (Wildman–Crippen MR) is 127 cm³/mol. The van der Waals surface area contributed by atoms with Gasteiger partial charge in [0.1, 0.15) is 5.70 Å². The van der Waals surface area contributed by atoms with E-state index in [1.165, 1.54) is 7.11 Å². The van der Waals surface area contributed by atoms with Gasteiger partial charge in [-0.05, 0) is 38.2 Å². The van der Waals surface area contributed by atoms with Crippen LogP contribution in [0, 0.1) is 0 Å². The first kappa shape index (κ1) is 28.5. The van der Waals surface area contributed by atoms with E-state index in [4.69, 9.17) is 4.74 Å². The molecule has 0 atom stereocenters. The average molecular weight is 434 g/mol. The highest BCUT2D eigenvalue weighted by molar-refractivity contribution is 6.01. The zero-order chi connectivity index (χ0) is 23.6. The van der Waals surface area contributed by atoms with Crippen LogP contribution in [0.3, 0.4) is 0 Å². The molecule has 0 radical (unpaired) electrons. The summed E-state index contributed by atoms with van der Waals surface area (Å²) in [4.78, 5) is 27.6. The molecule has 0 aliphatic rings. The minimum Gasteiger partial charge on any atom is -0.458 e. The van der Waals surface area contributed by atoms with Crippen LogP contribution < -0.4 is 5.48 Å². The molecular formula is C24H39N3O4. The number of carbonyl (C=O) groups excluding carboxylic acids is 1. The fourth-order valence-corrected chi connectivity index (χ4v) is 2.76. The number of nitrogens with one attached hydrogen (secondary N) is 1. The number of nitrogens with zero attached hydrogens (tertiary/aromatic N) is 2. The number of ether oxygens (including phenoxy) is 1. The molecule has 0 aliphatic heterocycles. The van der Waals surface area contributed by atoms with E-state index in [0.29, 0.717) is 29.9 Å². The first-order valence-corrected chi connectivity index (χ1v) is 10.5. The van der Waals surface area contributed by atoms with Crippen molar-refractivity contribution in [1.29, 1.82) is 0 Å². The van der Waals surface area contributed by atoms with E-state index < -0.39 is 0 Å². The van der Waals surface area contributed by atoms with E-state index in [1.807, 2.05) is 18.9 Å². The number of hydroxylamine groups is 1. The van der Waals surface area contributed by atoms with Gasteiger partial charge in [-0.1, -0.05) is 57.7 Å². The molecule has 1 N–H and O–H groups in total. The molecule has 0 aliphatic carbocycles. The molecule has 0 heterocycles. The number of rotatable bonds is 17. The predicted octanol–water partition coefficient (Wildman–Crippen LogP) is 5.02. The number of likely N-dealkylation sites (N-methyl/N-ethyl adjacent to an activating group) is 1. The molecule has 0 bridgehead atoms. The van der Waals surface area contributed by atoms with Crippen molar-refractivity contribution in [2.45, 2.75) is 52.9 Å². The quantitative estimate of drug-likeness (QED) is 0.0400. The summed E-state index contributed by atoms with van der Waals surface area (Å²) in [6.45, 7) is 18.6. The number of carbonyl (C=O) groups is 1. The monoisotopic (exact) mass is 433 g/mol. The summed E-state index contributed by atoms with van der Waals surface area (Å²) in [5, 5.41) is 0. The minimum atomic E-state index is -0.0394. The van der Waals surface area contributed by atoms with Crippen LogP contribution in [-0.2, 0) is 19.4 Å². The van der Waals surface area contributed by atoms with Crippen LogP contribution in [0.25, 0.3) is 0 Å². The Hall–Kier alpha value is -2.48. The van der Waals surface area contributed by atoms with Gasteiger partial charge in [0.2, 0.25) is 5.90 Å². The van der Waals surface area contributed by atoms with Gasteiger partial charge in [-0.15, -0.1) is 10.5 Å². The molecular weight excluding hydrogens is 394 g/mol. The van der Waals surface area contributed by atoms with E-state index in [1.54, 1.807) is 6.92 Å². The highest BCUT2D eigenvalue weighted by Crippen LogP contribution is 2.22. The molecule has 0 aromatic carbocycles. The fraction of sp³-hybridized carbons (Fsp3) is 0.500. The first-order chi connectivity index (χ1) is 14.8. The number of aldehydes is 1. The zero-order valence-corrected chi connectivity index (χ0v) is 19.8. The Kier molecular flexibility index (Phi) is 15.8. The smallest absolute Gasteiger partial charge is 0.239 e. The summed E-state index contributed by atoms with van der Waals surface area (Å²) in [6, 6.07) is 0. The van der Waals surface area contributed by atoms with Gasteiger partial charge in [0.15, 0.2) is 13.0 Å². The molecule has 0 unspecified atom stereocenters. The van der Waals surface area contributed by atoms with Gasteiger partial charge >= 0.3 is 0 Å². The van der Waals surface area contributed by atoms with E-state index in [9.17, 15) is 4.79 Å². The van der Waals surface area contributed by atoms with E-state index in [0.717, 1.165) is 43.1 Å². The van der Waals surface area contributed by atoms with Crippen LogP contribution in [0.1, 0.15) is 52.9 Å². The zero-order valence-electron chi connectivity index (χ0n) is 19.8. The van der Waals surface area contributed by atoms with Crippen molar-refractivity contribution in [3.8, 4) is 0 Å². The lowest BCUT2D eigenvalue weighted by molar-refractivity contribution is -0.324. The van der Waals surface area contributed by atoms with Gasteiger partial charge in [0.25, 0.3) is 0 Å². The van der Waals surface area contributed by atoms with E-state index in [-0.39, 0.29) is 12.6 Å². The third-order valence-corrected chi connectivity index (χ3v) is 4.17. The minimum absolute atomic E-state index is 0.0394. The molecule has 0 aromatic rings. The van der Waals surface area contributed by atoms with Crippen LogP contribution in [0.5, 0.6) is 0 Å². The van der Waals surface area contributed by atoms with Gasteiger partial charge < -0.3 is 9.64 Å². The largest absolute Gasteiger partial charge is 0.458 e. The van der Waals surface area contributed by atoms with Gasteiger partial charge in [-0.3, -0.25) is 4.79 Å². The summed E-state index contributed by atoms with van der Waals surface area (Å²) < 4.78 is 5.77. The average Bonchev–Trinajstić information content (AvgIpc) is 2.72. The van der Waals surface area contributed by atoms with Crippen molar-refractivity contribution in [3.63, 3.8) is 0 Å². The second kappa shape index (κ2) is 17.2. The summed E-state index contributed by atoms with van der Waals surface area (Å²) in [6.07, 6.45) is 9.19. The maximum absolute atomic E-state index is 12.1. The van der Waals surface area contributed by atoms with Gasteiger partial charge in [-0.25, -0.2) is 9.88 Å². The molecule has 0 amide bonds. The van der Waals surface area contributed by atoms with Gasteiger partial charge in [-0.2, -0.15) is 0 Å². The lowest BCUT2D eigenvalue weighted by Crippen LogP contribution is -2.31. The van der Waals surface area contributed by atoms with Crippen molar-refractivity contribution >= 4 is 12.2 Å². The van der Waals surface area contributed by atoms with Crippen LogP contribution in [-0.4, -0.2) is 44.5 Å². The Bertz CT molecular complexity index is 693. The normalized spacial score (nSPS) is 12.5. The molecule has 0 rings (SSSR count). The summed E-state index contributed by atoms with van der Waals surface area (Å²) in [5.41, 5.74) is 5.86. The van der Waals surface area contributed by atoms with Crippen LogP contribution in [0.15, 0.2) is 65.0 Å². The molecule has 7 nitrogen and oxygen atoms in total. The molecule has 7 heteroatoms. The van der Waals surface area contributed by atoms with Crippen LogP contribution in [0.4, 0.5) is 0 Å². The number of hydrogen-bond acceptors (Lipinski definition) is 7. The van der Waals surface area contributed by atoms with Crippen molar-refractivity contribution < 1.29 is 19.4 Å². The Morgan fingerprint density at radius 2 is 1.90 bits per heavy atom. The van der Waals surface area contributed by atoms with Crippen LogP contribution >= 0.6 is 0 Å². The maximum Gasteiger partial charge on any atom is 0.239 e. The van der Waals surface area contributed by atoms with Crippen molar-refractivity contribution in [3.05, 3.63) is 60.0 Å². The SMILES string of the molecule is C=C(/C=C\CC)CCCN(C)C(/C(=N\C(=C)C)OCNOOC)=C(/C=O)C(=C)CCC. The Balaban J connectivity index is 5.86. The maximum atomic E-state index is 12.1. The number of aliphatic imine (C=N–C) groups is 1. The van der Waals surface area contributed by atoms with E-state index >= 15 is 0 Å². The molecule has 0 spiro atoms. The third-order valence-electron chi connectivity index (χ3n) is 4.17. The first-order valence-electron chi connectivity index (χ1n) is 10.5. The fourth-order valence-electron chi connectivity index (χ4n) is 2.76. The number of hydrogen-bond donors (Lipinski definition) is 1. The van der Waals surface area contributed by atoms with Crippen molar-refractivity contribution in [2.24, 2.45) is 4.99 Å². The van der Waals surface area contributed by atoms with Crippen molar-refractivity contribution in [2.75, 3.05) is 27.4 Å². The summed E-state index contributed by atoms with van der Waals surface area (Å²) >= 11 is 0. The van der Waals surface area contributed by atoms with Gasteiger partial charge in [0.05, 0.1) is 7.11 Å². The topological polar surface area (TPSA) is 72.4 Å². The highest BCUT2D eigenvalue weighted by atomic mass is 17.3. The molecule has 0 saturated heterocycles. The Morgan fingerprint density at radius 1 is 1.19 bits per heavy atom. The number of allylic oxidation sites excluding steroid dienone is 6. The molecule has 31 heavy (non-hydrogen) atoms. The van der Waals surface area contributed by atoms with Gasteiger partial charge in [0, 0.05) is 24.9 Å². The highest BCUT2D eigenvalue weighted by Gasteiger charge is 2.21. The lowest BCUT2D eigenvalue weighted by Gasteiger charge is -2.26. The summed E-state index contributed by atoms with van der Waals surface area (Å²) in [5.74, 6) is 0.256. The molecule has 0 aromatic heterocycles. The molecule has 0 fully saturated rings. The third kappa shape index (κ3) is 12.1. The lowest BCUT2D eigenvalue weighted by atomic mass is 10.0. The Labute approximate surface area is 187 Å². The van der Waals surface area contributed by atoms with Crippen LogP contribution in [0.2, 0.25) is 0 Å². The Morgan fingerprint density at radius 3 is 2.45 bits per heavy atom. The standard InChI is InChI=1S/C24H39N3O4/c1-9-11-14-20(5)15-12-16-27(7)23(22(17-28)21(6)13-10-2)24(26-19(3)4)30-18-25-31-29-8/h11,14,17,25H,3,5-6,9-10,12-13,15-16,18H2,1-2,4,7-8H3/b14-11-,23-22-,26-24+. The molecule has 174 valence electrons.